The van der Waals surface area contributed by atoms with Crippen molar-refractivity contribution in [2.24, 2.45) is 44.8 Å². The minimum Gasteiger partial charge on any atom is -0.432 e. The predicted molar refractivity (Wildman–Crippen MR) is 343 cm³/mol. The van der Waals surface area contributed by atoms with Crippen LogP contribution in [0.15, 0.2) is 23.8 Å². The van der Waals surface area contributed by atoms with Gasteiger partial charge >= 0.3 is 5.97 Å². The normalized spacial score (nSPS) is 54.2. The Bertz CT molecular complexity index is 2970. The molecule has 12 rings (SSSR count). The number of esters is 1. The van der Waals surface area contributed by atoms with Crippen LogP contribution in [0.25, 0.3) is 0 Å². The lowest BCUT2D eigenvalue weighted by atomic mass is 9.34. The average molecular weight is 1500 g/mol. The molecule has 0 spiro atoms. The fraction of sp³-hybridized carbons (Fsp3) is 0.928. The Morgan fingerprint density at radius 1 is 0.481 bits per heavy atom. The number of rotatable bonds is 18. The van der Waals surface area contributed by atoms with Gasteiger partial charge in [-0.05, 0) is 105 Å². The van der Waals surface area contributed by atoms with Crippen LogP contribution < -0.4 is 0 Å². The maximum atomic E-state index is 15.2. The number of hydrogen-bond donors (Lipinski definition) is 20. The van der Waals surface area contributed by atoms with Gasteiger partial charge in [0.1, 0.15) is 153 Å². The van der Waals surface area contributed by atoms with Crippen molar-refractivity contribution in [3.63, 3.8) is 0 Å². The third-order valence-electron chi connectivity index (χ3n) is 26.3. The molecule has 0 amide bonds. The van der Waals surface area contributed by atoms with Gasteiger partial charge in [0.25, 0.3) is 0 Å². The number of ether oxygens (including phenoxy) is 14. The second kappa shape index (κ2) is 31.3. The second-order valence-corrected chi connectivity index (χ2v) is 32.4. The molecule has 7 heterocycles. The van der Waals surface area contributed by atoms with Crippen LogP contribution in [-0.2, 0) is 71.1 Å². The van der Waals surface area contributed by atoms with Crippen molar-refractivity contribution in [2.45, 2.75) is 315 Å². The standard InChI is InChI=1S/C69H110O35/c1-25-10-15-69(64(90)104-62-48(85)43(80)40(77)34(98-62)24-93-57-49(86)44(81)54(32(20-71)96-57)101-60-47(84)42(79)38(75)26(2)94-60)17-16-67(6)27(28(69)18-25)8-9-36-66(5)13-12-37(65(3,4)35(66)11-14-68(36,67)7)99-59-51(88)53(30(74)23-92-59)100-61-50(87)45(82)55(33(21-72)97-61)102-63-52(89)56(41(78)31(19-70)95-63)103-58-46(83)39(76)29(73)22-91-58/h8,26,28-63,70-89H,1,9-24H2,2-7H3/t26-,28-,29+,30-,31+,32+,33+,34+,35-,36+,37-,38-,39-,40+,41-,42+,43-,44+,45+,46+,47+,48+,49+,50+,51+,52+,53-,54+,55+,56-,57+,58-,59-,60-,61-,62-,63-,66-,67+,68+,69-/m0/s1. The lowest BCUT2D eigenvalue weighted by molar-refractivity contribution is -0.385. The summed E-state index contributed by atoms with van der Waals surface area (Å²) in [6.07, 6.45) is -48.6. The number of carbonyl (C=O) groups excluding carboxylic acids is 1. The monoisotopic (exact) mass is 1500 g/mol. The van der Waals surface area contributed by atoms with Crippen molar-refractivity contribution < 1.29 is 173 Å². The van der Waals surface area contributed by atoms with Crippen LogP contribution in [0.5, 0.6) is 0 Å². The average Bonchev–Trinajstić information content (AvgIpc) is 0.676. The highest BCUT2D eigenvalue weighted by atomic mass is 16.8. The second-order valence-electron chi connectivity index (χ2n) is 32.4. The van der Waals surface area contributed by atoms with E-state index < -0.39 is 271 Å². The minimum atomic E-state index is -2.03. The number of fused-ring (bicyclic) bond motifs is 7. The van der Waals surface area contributed by atoms with E-state index in [1.807, 2.05) is 0 Å². The van der Waals surface area contributed by atoms with Crippen molar-refractivity contribution in [2.75, 3.05) is 39.6 Å². The third kappa shape index (κ3) is 14.2. The van der Waals surface area contributed by atoms with Crippen LogP contribution >= 0.6 is 0 Å². The summed E-state index contributed by atoms with van der Waals surface area (Å²) in [5.41, 5.74) is -0.624. The highest BCUT2D eigenvalue weighted by Gasteiger charge is 2.70. The van der Waals surface area contributed by atoms with E-state index in [-0.39, 0.29) is 28.6 Å². The highest BCUT2D eigenvalue weighted by molar-refractivity contribution is 5.79. The van der Waals surface area contributed by atoms with Gasteiger partial charge in [0.05, 0.1) is 57.3 Å². The predicted octanol–water partition coefficient (Wildman–Crippen LogP) is -6.73. The summed E-state index contributed by atoms with van der Waals surface area (Å²) in [6, 6.07) is 0. The van der Waals surface area contributed by atoms with E-state index in [2.05, 4.69) is 47.3 Å². The SMILES string of the molecule is C=C1CC[C@]2(C(=O)O[C@@H]3O[C@H](CO[C@@H]4O[C@H](CO)[C@@H](O[C@@H]5O[C@@H](C)[C@H](O)[C@@H](O)[C@H]5O)[C@H](O)[C@H]4O)[C@@H](O)[C@H](O)[C@H]3O)CC[C@]3(C)C(=CC[C@@H]4[C@@]5(C)CC[C@H](O[C@@H]6OC[C@H](O)[C@H](O[C@@H]7O[C@H](CO)[C@@H](O[C@@H]8O[C@H](CO)[C@H](O)[C@H](O[C@@H]9OC[C@@H](O)[C@H](O)[C@H]9O)[C@H]8O)[C@H](O)[C@H]7O)[C@H]6O)C(C)(C)[C@@H]5CC[C@]43C)[C@@H]2C1. The lowest BCUT2D eigenvalue weighted by Gasteiger charge is -2.71. The van der Waals surface area contributed by atoms with Crippen LogP contribution in [0.3, 0.4) is 0 Å². The van der Waals surface area contributed by atoms with E-state index in [1.165, 1.54) is 6.92 Å². The molecule has 0 unspecified atom stereocenters. The largest absolute Gasteiger partial charge is 0.432 e. The molecule has 5 aliphatic carbocycles. The fourth-order valence-electron chi connectivity index (χ4n) is 19.9. The molecule has 0 bridgehead atoms. The fourth-order valence-corrected chi connectivity index (χ4v) is 19.9. The maximum absolute atomic E-state index is 15.2. The molecule has 7 aliphatic heterocycles. The summed E-state index contributed by atoms with van der Waals surface area (Å²) < 4.78 is 82.0. The Morgan fingerprint density at radius 3 is 1.65 bits per heavy atom. The molecule has 0 aromatic heterocycles. The molecule has 35 heteroatoms. The van der Waals surface area contributed by atoms with Gasteiger partial charge in [0.15, 0.2) is 37.7 Å². The molecule has 0 aromatic carbocycles. The number of aliphatic hydroxyl groups excluding tert-OH is 20. The Kier molecular flexibility index (Phi) is 24.4. The van der Waals surface area contributed by atoms with Crippen LogP contribution in [0.2, 0.25) is 0 Å². The molecular formula is C69H110O35. The van der Waals surface area contributed by atoms with Crippen LogP contribution in [0.4, 0.5) is 0 Å². The zero-order valence-electron chi connectivity index (χ0n) is 59.0. The van der Waals surface area contributed by atoms with Crippen molar-refractivity contribution >= 4 is 5.97 Å². The maximum Gasteiger partial charge on any atom is 0.315 e. The lowest BCUT2D eigenvalue weighted by Crippen LogP contribution is -2.67. The Morgan fingerprint density at radius 2 is 1.00 bits per heavy atom. The quantitative estimate of drug-likeness (QED) is 0.0345. The summed E-state index contributed by atoms with van der Waals surface area (Å²) in [4.78, 5) is 15.2. The van der Waals surface area contributed by atoms with Crippen LogP contribution in [0.1, 0.15) is 106 Å². The van der Waals surface area contributed by atoms with E-state index in [0.717, 1.165) is 24.0 Å². The number of allylic oxidation sites excluding steroid dienone is 3. The van der Waals surface area contributed by atoms with Crippen LogP contribution in [-0.4, -0.2) is 357 Å². The molecule has 104 heavy (non-hydrogen) atoms. The molecule has 596 valence electrons. The van der Waals surface area contributed by atoms with Gasteiger partial charge < -0.3 is 168 Å². The van der Waals surface area contributed by atoms with Gasteiger partial charge in [-0.25, -0.2) is 0 Å². The first-order valence-electron chi connectivity index (χ1n) is 36.4. The summed E-state index contributed by atoms with van der Waals surface area (Å²) in [7, 11) is 0. The number of hydrogen-bond acceptors (Lipinski definition) is 35. The van der Waals surface area contributed by atoms with Gasteiger partial charge in [-0.2, -0.15) is 0 Å². The summed E-state index contributed by atoms with van der Waals surface area (Å²) >= 11 is 0. The van der Waals surface area contributed by atoms with Crippen molar-refractivity contribution in [3.05, 3.63) is 23.8 Å². The Labute approximate surface area is 600 Å². The van der Waals surface area contributed by atoms with Gasteiger partial charge in [0.2, 0.25) is 6.29 Å². The molecule has 0 aromatic rings. The van der Waals surface area contributed by atoms with E-state index in [4.69, 9.17) is 66.3 Å². The minimum absolute atomic E-state index is 0.0613. The van der Waals surface area contributed by atoms with Crippen molar-refractivity contribution in [1.82, 2.24) is 0 Å². The van der Waals surface area contributed by atoms with E-state index >= 15 is 4.79 Å². The molecule has 12 aliphatic rings. The van der Waals surface area contributed by atoms with E-state index in [0.29, 0.717) is 51.4 Å². The number of carbonyl (C=O) groups is 1. The molecule has 7 saturated heterocycles. The Hall–Kier alpha value is -2.37. The first-order valence-corrected chi connectivity index (χ1v) is 36.4. The van der Waals surface area contributed by atoms with Gasteiger partial charge in [-0.3, -0.25) is 4.79 Å². The molecule has 0 radical (unpaired) electrons. The van der Waals surface area contributed by atoms with Gasteiger partial charge in [-0.1, -0.05) is 58.4 Å². The Balaban J connectivity index is 0.678. The zero-order valence-corrected chi connectivity index (χ0v) is 59.0. The van der Waals surface area contributed by atoms with Crippen LogP contribution in [0, 0.1) is 44.8 Å². The number of aliphatic hydroxyl groups is 20. The van der Waals surface area contributed by atoms with E-state index in [1.54, 1.807) is 0 Å². The molecular weight excluding hydrogens is 1390 g/mol. The summed E-state index contributed by atoms with van der Waals surface area (Å²) in [5.74, 6) is -0.852. The molecule has 20 N–H and O–H groups in total. The van der Waals surface area contributed by atoms with E-state index in [9.17, 15) is 102 Å². The topological polar surface area (TPSA) is 551 Å². The molecule has 11 fully saturated rings. The summed E-state index contributed by atoms with van der Waals surface area (Å²) in [5, 5.41) is 218. The first kappa shape index (κ1) is 81.1. The highest BCUT2D eigenvalue weighted by Crippen LogP contribution is 2.76. The smallest absolute Gasteiger partial charge is 0.315 e. The molecule has 4 saturated carbocycles. The molecule has 35 nitrogen and oxygen atoms in total. The van der Waals surface area contributed by atoms with Gasteiger partial charge in [-0.15, -0.1) is 0 Å². The zero-order chi connectivity index (χ0) is 75.5. The van der Waals surface area contributed by atoms with Crippen molar-refractivity contribution in [3.8, 4) is 0 Å². The van der Waals surface area contributed by atoms with Gasteiger partial charge in [0, 0.05) is 5.92 Å². The van der Waals surface area contributed by atoms with Crippen molar-refractivity contribution in [1.29, 1.82) is 0 Å². The molecule has 41 atom stereocenters. The summed E-state index contributed by atoms with van der Waals surface area (Å²) in [6.45, 7) is 12.9. The first-order chi connectivity index (χ1) is 49.0. The third-order valence-corrected chi connectivity index (χ3v) is 26.3.